The van der Waals surface area contributed by atoms with Gasteiger partial charge in [-0.2, -0.15) is 10.5 Å². The first-order valence-corrected chi connectivity index (χ1v) is 6.87. The van der Waals surface area contributed by atoms with Crippen LogP contribution >= 0.6 is 0 Å². The highest BCUT2D eigenvalue weighted by molar-refractivity contribution is 5.62. The van der Waals surface area contributed by atoms with Crippen LogP contribution in [0.5, 0.6) is 0 Å². The highest BCUT2D eigenvalue weighted by Crippen LogP contribution is 2.19. The van der Waals surface area contributed by atoms with E-state index in [1.54, 1.807) is 42.5 Å². The number of aromatic amines is 2. The molecule has 3 aromatic rings. The van der Waals surface area contributed by atoms with Gasteiger partial charge in [0.25, 0.3) is 11.1 Å². The van der Waals surface area contributed by atoms with Crippen LogP contribution in [0.2, 0.25) is 0 Å². The second-order valence-corrected chi connectivity index (χ2v) is 4.86. The van der Waals surface area contributed by atoms with Crippen LogP contribution in [0.4, 0.5) is 0 Å². The van der Waals surface area contributed by atoms with Crippen molar-refractivity contribution in [1.29, 1.82) is 10.5 Å². The van der Waals surface area contributed by atoms with Gasteiger partial charge in [0.2, 0.25) is 0 Å². The molecule has 0 amide bonds. The molecular weight excluding hydrogens is 306 g/mol. The van der Waals surface area contributed by atoms with Crippen LogP contribution in [-0.4, -0.2) is 15.0 Å². The molecule has 0 aliphatic rings. The van der Waals surface area contributed by atoms with Crippen molar-refractivity contribution >= 4 is 0 Å². The molecule has 0 aliphatic carbocycles. The number of nitrogens with zero attached hydrogens (tertiary/aromatic N) is 3. The standard InChI is InChI=1S/C17H9N5O2/c18-8-10-4-6-14(21-16(10)23)12-2-1-3-13(20-12)15-7-5-11(9-19)17(24)22-15/h1-7H,(H,21,23)(H,22,24). The van der Waals surface area contributed by atoms with E-state index in [0.29, 0.717) is 22.8 Å². The van der Waals surface area contributed by atoms with Gasteiger partial charge in [0, 0.05) is 0 Å². The van der Waals surface area contributed by atoms with Crippen LogP contribution in [0.25, 0.3) is 22.8 Å². The number of pyridine rings is 3. The van der Waals surface area contributed by atoms with Crippen molar-refractivity contribution in [2.24, 2.45) is 0 Å². The van der Waals surface area contributed by atoms with E-state index < -0.39 is 11.1 Å². The Hall–Kier alpha value is -3.97. The molecule has 0 atom stereocenters. The predicted molar refractivity (Wildman–Crippen MR) is 85.8 cm³/mol. The monoisotopic (exact) mass is 315 g/mol. The maximum Gasteiger partial charge on any atom is 0.266 e. The Morgan fingerprint density at radius 1 is 0.750 bits per heavy atom. The van der Waals surface area contributed by atoms with Crippen LogP contribution in [0.15, 0.2) is 52.1 Å². The van der Waals surface area contributed by atoms with Gasteiger partial charge in [0.15, 0.2) is 0 Å². The average molecular weight is 315 g/mol. The topological polar surface area (TPSA) is 126 Å². The van der Waals surface area contributed by atoms with E-state index in [1.807, 2.05) is 0 Å². The zero-order valence-electron chi connectivity index (χ0n) is 12.2. The molecular formula is C17H9N5O2. The van der Waals surface area contributed by atoms with Gasteiger partial charge in [-0.1, -0.05) is 6.07 Å². The number of aromatic nitrogens is 3. The molecule has 0 spiro atoms. The van der Waals surface area contributed by atoms with Crippen LogP contribution in [-0.2, 0) is 0 Å². The van der Waals surface area contributed by atoms with E-state index in [0.717, 1.165) is 0 Å². The molecule has 3 rings (SSSR count). The van der Waals surface area contributed by atoms with Gasteiger partial charge in [-0.3, -0.25) is 9.59 Å². The summed E-state index contributed by atoms with van der Waals surface area (Å²) < 4.78 is 0. The molecule has 114 valence electrons. The summed E-state index contributed by atoms with van der Waals surface area (Å²) in [5.41, 5.74) is 0.938. The highest BCUT2D eigenvalue weighted by atomic mass is 16.1. The van der Waals surface area contributed by atoms with Gasteiger partial charge in [-0.25, -0.2) is 4.98 Å². The van der Waals surface area contributed by atoms with Gasteiger partial charge in [-0.15, -0.1) is 0 Å². The molecule has 7 nitrogen and oxygen atoms in total. The lowest BCUT2D eigenvalue weighted by atomic mass is 10.1. The summed E-state index contributed by atoms with van der Waals surface area (Å²) in [6, 6.07) is 14.7. The second-order valence-electron chi connectivity index (χ2n) is 4.86. The Morgan fingerprint density at radius 2 is 1.21 bits per heavy atom. The molecule has 0 bridgehead atoms. The summed E-state index contributed by atoms with van der Waals surface area (Å²) in [5, 5.41) is 17.6. The first-order chi connectivity index (χ1) is 11.6. The van der Waals surface area contributed by atoms with Crippen LogP contribution in [0, 0.1) is 22.7 Å². The normalized spacial score (nSPS) is 9.92. The fourth-order valence-electron chi connectivity index (χ4n) is 2.16. The number of nitriles is 2. The Kier molecular flexibility index (Phi) is 3.76. The number of nitrogens with one attached hydrogen (secondary N) is 2. The third-order valence-corrected chi connectivity index (χ3v) is 3.36. The van der Waals surface area contributed by atoms with Gasteiger partial charge >= 0.3 is 0 Å². The van der Waals surface area contributed by atoms with E-state index in [4.69, 9.17) is 10.5 Å². The Morgan fingerprint density at radius 3 is 1.58 bits per heavy atom. The maximum absolute atomic E-state index is 11.7. The molecule has 3 aromatic heterocycles. The lowest BCUT2D eigenvalue weighted by Gasteiger charge is -2.05. The Labute approximate surface area is 135 Å². The van der Waals surface area contributed by atoms with Crippen LogP contribution < -0.4 is 11.1 Å². The number of H-pyrrole nitrogens is 2. The van der Waals surface area contributed by atoms with E-state index in [9.17, 15) is 9.59 Å². The molecule has 7 heteroatoms. The number of rotatable bonds is 2. The molecule has 0 aromatic carbocycles. The highest BCUT2D eigenvalue weighted by Gasteiger charge is 2.08. The molecule has 0 unspecified atom stereocenters. The average Bonchev–Trinajstić information content (AvgIpc) is 2.61. The van der Waals surface area contributed by atoms with Crippen LogP contribution in [0.1, 0.15) is 11.1 Å². The third-order valence-electron chi connectivity index (χ3n) is 3.36. The van der Waals surface area contributed by atoms with Crippen molar-refractivity contribution in [3.05, 3.63) is 74.3 Å². The minimum atomic E-state index is -0.492. The molecule has 2 N–H and O–H groups in total. The van der Waals surface area contributed by atoms with Crippen molar-refractivity contribution in [1.82, 2.24) is 15.0 Å². The van der Waals surface area contributed by atoms with E-state index in [2.05, 4.69) is 15.0 Å². The summed E-state index contributed by atoms with van der Waals surface area (Å²) in [7, 11) is 0. The maximum atomic E-state index is 11.7. The van der Waals surface area contributed by atoms with Gasteiger partial charge in [0.1, 0.15) is 23.3 Å². The molecule has 0 aliphatic heterocycles. The molecule has 0 radical (unpaired) electrons. The quantitative estimate of drug-likeness (QED) is 0.741. The van der Waals surface area contributed by atoms with Gasteiger partial charge < -0.3 is 9.97 Å². The fraction of sp³-hybridized carbons (Fsp3) is 0. The minimum absolute atomic E-state index is 0.0197. The minimum Gasteiger partial charge on any atom is -0.319 e. The van der Waals surface area contributed by atoms with Crippen molar-refractivity contribution in [3.63, 3.8) is 0 Å². The van der Waals surface area contributed by atoms with E-state index in [-0.39, 0.29) is 11.1 Å². The van der Waals surface area contributed by atoms with Crippen molar-refractivity contribution < 1.29 is 0 Å². The molecule has 3 heterocycles. The molecule has 0 saturated heterocycles. The summed E-state index contributed by atoms with van der Waals surface area (Å²) in [5.74, 6) is 0. The summed E-state index contributed by atoms with van der Waals surface area (Å²) >= 11 is 0. The van der Waals surface area contributed by atoms with Crippen LogP contribution in [0.3, 0.4) is 0 Å². The smallest absolute Gasteiger partial charge is 0.266 e. The fourth-order valence-corrected chi connectivity index (χ4v) is 2.16. The van der Waals surface area contributed by atoms with E-state index >= 15 is 0 Å². The Bertz CT molecular complexity index is 1040. The zero-order chi connectivity index (χ0) is 17.1. The number of hydrogen-bond donors (Lipinski definition) is 2. The SMILES string of the molecule is N#Cc1ccc(-c2cccc(-c3ccc(C#N)c(=O)[nH]3)n2)[nH]c1=O. The lowest BCUT2D eigenvalue weighted by molar-refractivity contribution is 1.16. The second kappa shape index (κ2) is 6.03. The number of hydrogen-bond acceptors (Lipinski definition) is 5. The predicted octanol–water partition coefficient (Wildman–Crippen LogP) is 1.54. The van der Waals surface area contributed by atoms with Gasteiger partial charge in [-0.05, 0) is 36.4 Å². The largest absolute Gasteiger partial charge is 0.319 e. The zero-order valence-corrected chi connectivity index (χ0v) is 12.2. The summed E-state index contributed by atoms with van der Waals surface area (Å²) in [6.07, 6.45) is 0. The van der Waals surface area contributed by atoms with E-state index in [1.165, 1.54) is 12.1 Å². The first kappa shape index (κ1) is 14.9. The molecule has 0 saturated carbocycles. The Balaban J connectivity index is 2.07. The molecule has 0 fully saturated rings. The van der Waals surface area contributed by atoms with Crippen molar-refractivity contribution in [2.75, 3.05) is 0 Å². The van der Waals surface area contributed by atoms with Crippen molar-refractivity contribution in [3.8, 4) is 34.9 Å². The summed E-state index contributed by atoms with van der Waals surface area (Å²) in [4.78, 5) is 33.1. The van der Waals surface area contributed by atoms with Crippen molar-refractivity contribution in [2.45, 2.75) is 0 Å². The molecule has 24 heavy (non-hydrogen) atoms. The third kappa shape index (κ3) is 2.70. The van der Waals surface area contributed by atoms with Gasteiger partial charge in [0.05, 0.1) is 22.8 Å². The lowest BCUT2D eigenvalue weighted by Crippen LogP contribution is -2.11. The summed E-state index contributed by atoms with van der Waals surface area (Å²) in [6.45, 7) is 0. The first-order valence-electron chi connectivity index (χ1n) is 6.87.